The Bertz CT molecular complexity index is 429. The SMILES string of the molecule is CC(C)C[C@H](N)C(=O)C(=O)[C@@H](N)Cc1ccccc1. The molecule has 1 rings (SSSR count). The fraction of sp³-hybridized carbons (Fsp3) is 0.467. The van der Waals surface area contributed by atoms with Crippen molar-refractivity contribution >= 4 is 11.6 Å². The van der Waals surface area contributed by atoms with Gasteiger partial charge in [-0.05, 0) is 24.3 Å². The van der Waals surface area contributed by atoms with Crippen LogP contribution in [-0.2, 0) is 16.0 Å². The molecule has 0 bridgehead atoms. The lowest BCUT2D eigenvalue weighted by molar-refractivity contribution is -0.138. The van der Waals surface area contributed by atoms with Crippen LogP contribution in [0.15, 0.2) is 30.3 Å². The van der Waals surface area contributed by atoms with Crippen LogP contribution < -0.4 is 11.5 Å². The van der Waals surface area contributed by atoms with Gasteiger partial charge in [0.15, 0.2) is 0 Å². The lowest BCUT2D eigenvalue weighted by Crippen LogP contribution is -2.45. The third-order valence-electron chi connectivity index (χ3n) is 2.94. The number of hydrogen-bond donors (Lipinski definition) is 2. The Morgan fingerprint density at radius 3 is 2.05 bits per heavy atom. The Balaban J connectivity index is 2.59. The van der Waals surface area contributed by atoms with Crippen molar-refractivity contribution < 1.29 is 9.59 Å². The Kier molecular flexibility index (Phi) is 5.86. The molecule has 19 heavy (non-hydrogen) atoms. The second-order valence-electron chi connectivity index (χ2n) is 5.26. The van der Waals surface area contributed by atoms with Crippen molar-refractivity contribution in [2.24, 2.45) is 17.4 Å². The summed E-state index contributed by atoms with van der Waals surface area (Å²) in [6.45, 7) is 3.92. The van der Waals surface area contributed by atoms with Crippen molar-refractivity contribution in [3.8, 4) is 0 Å². The quantitative estimate of drug-likeness (QED) is 0.720. The lowest BCUT2D eigenvalue weighted by atomic mass is 9.94. The van der Waals surface area contributed by atoms with Crippen LogP contribution in [0.3, 0.4) is 0 Å². The highest BCUT2D eigenvalue weighted by Gasteiger charge is 2.27. The Morgan fingerprint density at radius 1 is 1.00 bits per heavy atom. The molecule has 0 heterocycles. The number of carbonyl (C=O) groups is 2. The molecule has 4 N–H and O–H groups in total. The fourth-order valence-electron chi connectivity index (χ4n) is 1.94. The molecule has 2 atom stereocenters. The van der Waals surface area contributed by atoms with Crippen molar-refractivity contribution in [2.75, 3.05) is 0 Å². The van der Waals surface area contributed by atoms with Gasteiger partial charge in [-0.1, -0.05) is 44.2 Å². The number of Topliss-reactive ketones (excluding diaryl/α,β-unsaturated/α-hetero) is 2. The summed E-state index contributed by atoms with van der Waals surface area (Å²) in [5, 5.41) is 0. The van der Waals surface area contributed by atoms with Crippen LogP contribution in [0.1, 0.15) is 25.8 Å². The molecular formula is C15H22N2O2. The predicted molar refractivity (Wildman–Crippen MR) is 75.6 cm³/mol. The molecule has 0 saturated carbocycles. The van der Waals surface area contributed by atoms with Crippen LogP contribution in [0, 0.1) is 5.92 Å². The van der Waals surface area contributed by atoms with Crippen LogP contribution in [0.5, 0.6) is 0 Å². The minimum atomic E-state index is -0.812. The van der Waals surface area contributed by atoms with E-state index in [2.05, 4.69) is 0 Å². The van der Waals surface area contributed by atoms with E-state index in [1.54, 1.807) is 0 Å². The van der Waals surface area contributed by atoms with Crippen molar-refractivity contribution in [1.29, 1.82) is 0 Å². The summed E-state index contributed by atoms with van der Waals surface area (Å²) in [6.07, 6.45) is 0.864. The highest BCUT2D eigenvalue weighted by molar-refractivity contribution is 6.40. The van der Waals surface area contributed by atoms with Gasteiger partial charge in [-0.25, -0.2) is 0 Å². The summed E-state index contributed by atoms with van der Waals surface area (Å²) in [7, 11) is 0. The minimum Gasteiger partial charge on any atom is -0.321 e. The van der Waals surface area contributed by atoms with E-state index >= 15 is 0 Å². The van der Waals surface area contributed by atoms with Gasteiger partial charge in [0.2, 0.25) is 11.6 Å². The van der Waals surface area contributed by atoms with Gasteiger partial charge in [0, 0.05) is 0 Å². The van der Waals surface area contributed by atoms with Gasteiger partial charge in [0.1, 0.15) is 0 Å². The van der Waals surface area contributed by atoms with Crippen LogP contribution >= 0.6 is 0 Å². The van der Waals surface area contributed by atoms with Gasteiger partial charge in [-0.2, -0.15) is 0 Å². The number of rotatable bonds is 7. The highest BCUT2D eigenvalue weighted by atomic mass is 16.2. The van der Waals surface area contributed by atoms with Gasteiger partial charge in [0.05, 0.1) is 12.1 Å². The Morgan fingerprint density at radius 2 is 1.53 bits per heavy atom. The van der Waals surface area contributed by atoms with Crippen molar-refractivity contribution in [3.63, 3.8) is 0 Å². The first-order chi connectivity index (χ1) is 8.91. The molecule has 0 amide bonds. The standard InChI is InChI=1S/C15H22N2O2/c1-10(2)8-12(16)14(18)15(19)13(17)9-11-6-4-3-5-7-11/h3-7,10,12-13H,8-9,16-17H2,1-2H3/t12-,13-/m0/s1. The largest absolute Gasteiger partial charge is 0.321 e. The van der Waals surface area contributed by atoms with Crippen LogP contribution in [0.4, 0.5) is 0 Å². The van der Waals surface area contributed by atoms with Crippen LogP contribution in [-0.4, -0.2) is 23.7 Å². The molecule has 0 fully saturated rings. The molecular weight excluding hydrogens is 240 g/mol. The monoisotopic (exact) mass is 262 g/mol. The zero-order chi connectivity index (χ0) is 14.4. The number of carbonyl (C=O) groups excluding carboxylic acids is 2. The zero-order valence-electron chi connectivity index (χ0n) is 11.5. The van der Waals surface area contributed by atoms with Gasteiger partial charge in [0.25, 0.3) is 0 Å². The number of ketones is 2. The highest BCUT2D eigenvalue weighted by Crippen LogP contribution is 2.07. The molecule has 0 aliphatic heterocycles. The van der Waals surface area contributed by atoms with E-state index < -0.39 is 23.7 Å². The van der Waals surface area contributed by atoms with Gasteiger partial charge < -0.3 is 11.5 Å². The molecule has 1 aromatic rings. The van der Waals surface area contributed by atoms with Gasteiger partial charge >= 0.3 is 0 Å². The Hall–Kier alpha value is -1.52. The number of hydrogen-bond acceptors (Lipinski definition) is 4. The molecule has 0 spiro atoms. The van der Waals surface area contributed by atoms with Crippen LogP contribution in [0.25, 0.3) is 0 Å². The summed E-state index contributed by atoms with van der Waals surface area (Å²) in [6, 6.07) is 7.85. The summed E-state index contributed by atoms with van der Waals surface area (Å²) >= 11 is 0. The average molecular weight is 262 g/mol. The van der Waals surface area contributed by atoms with E-state index in [1.807, 2.05) is 44.2 Å². The predicted octanol–water partition coefficient (Wildman–Crippen LogP) is 1.07. The van der Waals surface area contributed by atoms with E-state index in [4.69, 9.17) is 11.5 Å². The number of nitrogens with two attached hydrogens (primary N) is 2. The first kappa shape index (κ1) is 15.5. The molecule has 104 valence electrons. The third kappa shape index (κ3) is 4.93. The van der Waals surface area contributed by atoms with E-state index in [0.717, 1.165) is 5.56 Å². The normalized spacial score (nSPS) is 14.2. The minimum absolute atomic E-state index is 0.275. The third-order valence-corrected chi connectivity index (χ3v) is 2.94. The molecule has 0 aliphatic carbocycles. The van der Waals surface area contributed by atoms with E-state index in [-0.39, 0.29) is 5.92 Å². The van der Waals surface area contributed by atoms with Crippen LogP contribution in [0.2, 0.25) is 0 Å². The first-order valence-electron chi connectivity index (χ1n) is 6.55. The molecule has 0 saturated heterocycles. The second kappa shape index (κ2) is 7.16. The average Bonchev–Trinajstić information content (AvgIpc) is 2.37. The van der Waals surface area contributed by atoms with Crippen molar-refractivity contribution in [1.82, 2.24) is 0 Å². The molecule has 0 aromatic heterocycles. The maximum atomic E-state index is 11.9. The number of benzene rings is 1. The molecule has 4 nitrogen and oxygen atoms in total. The maximum Gasteiger partial charge on any atom is 0.216 e. The molecule has 1 aromatic carbocycles. The van der Waals surface area contributed by atoms with E-state index in [0.29, 0.717) is 12.8 Å². The summed E-state index contributed by atoms with van der Waals surface area (Å²) in [4.78, 5) is 23.8. The van der Waals surface area contributed by atoms with E-state index in [1.165, 1.54) is 0 Å². The van der Waals surface area contributed by atoms with Gasteiger partial charge in [-0.15, -0.1) is 0 Å². The van der Waals surface area contributed by atoms with E-state index in [9.17, 15) is 9.59 Å². The Labute approximate surface area is 114 Å². The molecule has 4 heteroatoms. The summed E-state index contributed by atoms with van der Waals surface area (Å²) in [5.41, 5.74) is 12.5. The lowest BCUT2D eigenvalue weighted by Gasteiger charge is -2.15. The molecule has 0 aliphatic rings. The smallest absolute Gasteiger partial charge is 0.216 e. The first-order valence-corrected chi connectivity index (χ1v) is 6.55. The molecule has 0 radical (unpaired) electrons. The topological polar surface area (TPSA) is 86.2 Å². The summed E-state index contributed by atoms with van der Waals surface area (Å²) < 4.78 is 0. The second-order valence-corrected chi connectivity index (χ2v) is 5.26. The van der Waals surface area contributed by atoms with Crippen molar-refractivity contribution in [2.45, 2.75) is 38.8 Å². The van der Waals surface area contributed by atoms with Gasteiger partial charge in [-0.3, -0.25) is 9.59 Å². The maximum absolute atomic E-state index is 11.9. The summed E-state index contributed by atoms with van der Waals surface area (Å²) in [5.74, 6) is -0.855. The zero-order valence-corrected chi connectivity index (χ0v) is 11.5. The fourth-order valence-corrected chi connectivity index (χ4v) is 1.94. The molecule has 0 unspecified atom stereocenters. The van der Waals surface area contributed by atoms with Crippen molar-refractivity contribution in [3.05, 3.63) is 35.9 Å².